The molecule has 1 fully saturated rings. The van der Waals surface area contributed by atoms with Crippen LogP contribution in [0.2, 0.25) is 0 Å². The van der Waals surface area contributed by atoms with Gasteiger partial charge in [-0.2, -0.15) is 0 Å². The Morgan fingerprint density at radius 3 is 1.48 bits per heavy atom. The third-order valence-electron chi connectivity index (χ3n) is 12.6. The van der Waals surface area contributed by atoms with Gasteiger partial charge in [-0.15, -0.1) is 0 Å². The van der Waals surface area contributed by atoms with E-state index < -0.39 is 82.9 Å². The number of benzene rings is 2. The average Bonchev–Trinajstić information content (AvgIpc) is 3.94. The van der Waals surface area contributed by atoms with E-state index in [0.717, 1.165) is 11.1 Å². The van der Waals surface area contributed by atoms with Gasteiger partial charge in [-0.1, -0.05) is 0 Å². The molecule has 5 atom stereocenters. The van der Waals surface area contributed by atoms with Gasteiger partial charge in [-0.25, -0.2) is 24.0 Å². The number of nitrogens with zero attached hydrogens (tertiary/aromatic N) is 3. The van der Waals surface area contributed by atoms with E-state index in [1.54, 1.807) is 110 Å². The van der Waals surface area contributed by atoms with Gasteiger partial charge in [-0.05, 0) is 156 Å². The van der Waals surface area contributed by atoms with E-state index in [9.17, 15) is 34.2 Å². The van der Waals surface area contributed by atoms with Crippen LogP contribution in [0.5, 0.6) is 28.7 Å². The summed E-state index contributed by atoms with van der Waals surface area (Å²) in [7, 11) is 2.88. The van der Waals surface area contributed by atoms with Gasteiger partial charge in [0.15, 0.2) is 29.3 Å². The fourth-order valence-electron chi connectivity index (χ4n) is 9.36. The summed E-state index contributed by atoms with van der Waals surface area (Å²) in [4.78, 5) is 71.3. The molecule has 0 saturated carbocycles. The Bertz CT molecular complexity index is 2310. The molecule has 6 amide bonds. The van der Waals surface area contributed by atoms with Crippen LogP contribution in [0.15, 0.2) is 24.3 Å². The molecule has 2 heterocycles. The first-order valence-electron chi connectivity index (χ1n) is 26.6. The molecule has 0 spiro atoms. The van der Waals surface area contributed by atoms with Crippen LogP contribution in [-0.2, 0) is 23.7 Å². The summed E-state index contributed by atoms with van der Waals surface area (Å²) in [6.45, 7) is 23.7. The van der Waals surface area contributed by atoms with E-state index >= 15 is 0 Å². The zero-order valence-corrected chi connectivity index (χ0v) is 47.8. The number of aliphatic hydroxyl groups is 1. The summed E-state index contributed by atoms with van der Waals surface area (Å²) in [5, 5.41) is 31.0. The van der Waals surface area contributed by atoms with E-state index in [1.165, 1.54) is 14.2 Å². The van der Waals surface area contributed by atoms with Crippen molar-refractivity contribution in [3.63, 3.8) is 0 Å². The lowest BCUT2D eigenvalue weighted by Crippen LogP contribution is -2.47. The molecular formula is C55H86N6O16. The van der Waals surface area contributed by atoms with E-state index in [-0.39, 0.29) is 56.8 Å². The molecule has 22 heteroatoms. The number of phenols is 1. The van der Waals surface area contributed by atoms with Crippen LogP contribution in [0.25, 0.3) is 0 Å². The molecule has 3 aliphatic rings. The fraction of sp³-hybridized carbons (Fsp3) is 0.691. The minimum absolute atomic E-state index is 0.0160. The van der Waals surface area contributed by atoms with Gasteiger partial charge in [0, 0.05) is 70.1 Å². The topological polar surface area (TPSA) is 255 Å². The summed E-state index contributed by atoms with van der Waals surface area (Å²) in [5.74, 6) is -0.225. The van der Waals surface area contributed by atoms with Crippen molar-refractivity contribution in [3.8, 4) is 28.7 Å². The van der Waals surface area contributed by atoms with Crippen LogP contribution in [0.3, 0.4) is 0 Å². The van der Waals surface area contributed by atoms with Crippen molar-refractivity contribution in [2.24, 2.45) is 11.8 Å². The highest BCUT2D eigenvalue weighted by Crippen LogP contribution is 2.56. The first kappa shape index (κ1) is 61.6. The number of nitrogens with one attached hydrogen (secondary N) is 3. The maximum Gasteiger partial charge on any atom is 0.410 e. The molecule has 2 aliphatic heterocycles. The normalized spacial score (nSPS) is 18.7. The smallest absolute Gasteiger partial charge is 0.410 e. The second kappa shape index (κ2) is 26.4. The molecule has 2 aromatic rings. The number of hydrogen-bond acceptors (Lipinski definition) is 16. The number of methoxy groups -OCH3 is 2. The monoisotopic (exact) mass is 1090 g/mol. The van der Waals surface area contributed by atoms with Gasteiger partial charge in [-0.3, -0.25) is 0 Å². The van der Waals surface area contributed by atoms with Crippen molar-refractivity contribution in [2.75, 3.05) is 80.0 Å². The lowest BCUT2D eigenvalue weighted by atomic mass is 9.65. The molecule has 77 heavy (non-hydrogen) atoms. The predicted molar refractivity (Wildman–Crippen MR) is 285 cm³/mol. The molecule has 1 aliphatic carbocycles. The van der Waals surface area contributed by atoms with E-state index in [0.29, 0.717) is 75.3 Å². The molecule has 1 saturated heterocycles. The molecule has 0 radical (unpaired) electrons. The first-order valence-corrected chi connectivity index (χ1v) is 26.6. The van der Waals surface area contributed by atoms with Gasteiger partial charge in [0.1, 0.15) is 22.4 Å². The van der Waals surface area contributed by atoms with E-state index in [2.05, 4.69) is 16.0 Å². The first-order chi connectivity index (χ1) is 36.0. The molecule has 2 aromatic carbocycles. The van der Waals surface area contributed by atoms with Crippen LogP contribution < -0.4 is 34.9 Å². The van der Waals surface area contributed by atoms with Crippen molar-refractivity contribution >= 4 is 30.4 Å². The van der Waals surface area contributed by atoms with Gasteiger partial charge < -0.3 is 83.5 Å². The Morgan fingerprint density at radius 1 is 0.597 bits per heavy atom. The summed E-state index contributed by atoms with van der Waals surface area (Å²) in [5.41, 5.74) is -0.749. The van der Waals surface area contributed by atoms with Gasteiger partial charge >= 0.3 is 30.4 Å². The highest BCUT2D eigenvalue weighted by atomic mass is 16.7. The molecular weight excluding hydrogens is 1000 g/mol. The standard InChI is InChI=1S/C55H86N6O16/c1-52(2,3)74-48(65)57-21-18-25-59(49(66)75-53(4,5)6)22-15-16-23-60(50(67)76-54(7,8)9)26-19-27-61(51(68)77-55(10,11)12)24-17-20-56-47(64)58-44-36-31-39-38(72-33-73-39)30-35(36)42(43-37(44)32-71-46(43)63)34-28-40(69-13)45(62)41(29-34)70-14/h28-31,37,42-44,46,62-63H,15-27,32-33H2,1-14H3,(H,57,65)(H2,56,58,64). The number of aliphatic hydroxyl groups excluding tert-OH is 1. The number of ether oxygens (including phenoxy) is 9. The second-order valence-electron chi connectivity index (χ2n) is 23.5. The molecule has 0 bridgehead atoms. The van der Waals surface area contributed by atoms with E-state index in [4.69, 9.17) is 42.6 Å². The number of rotatable bonds is 21. The van der Waals surface area contributed by atoms with Crippen LogP contribution in [0.4, 0.5) is 24.0 Å². The number of unbranched alkanes of at least 4 members (excludes halogenated alkanes) is 1. The van der Waals surface area contributed by atoms with Crippen molar-refractivity contribution in [2.45, 2.75) is 156 Å². The number of carbonyl (C=O) groups excluding carboxylic acids is 5. The zero-order valence-electron chi connectivity index (χ0n) is 47.8. The van der Waals surface area contributed by atoms with Crippen LogP contribution in [0, 0.1) is 11.8 Å². The number of urea groups is 1. The Labute approximate surface area is 454 Å². The number of alkyl carbamates (subject to hydrolysis) is 1. The zero-order chi connectivity index (χ0) is 57.0. The number of aromatic hydroxyl groups is 1. The average molecular weight is 1090 g/mol. The highest BCUT2D eigenvalue weighted by Gasteiger charge is 2.52. The Hall–Kier alpha value is -6.29. The third kappa shape index (κ3) is 18.4. The van der Waals surface area contributed by atoms with Gasteiger partial charge in [0.05, 0.1) is 26.9 Å². The molecule has 0 aromatic heterocycles. The van der Waals surface area contributed by atoms with Crippen LogP contribution in [0.1, 0.15) is 144 Å². The Morgan fingerprint density at radius 2 is 1.03 bits per heavy atom. The fourth-order valence-corrected chi connectivity index (χ4v) is 9.36. The largest absolute Gasteiger partial charge is 0.502 e. The Kier molecular flexibility index (Phi) is 21.1. The minimum atomic E-state index is -1.20. The van der Waals surface area contributed by atoms with Crippen molar-refractivity contribution in [1.82, 2.24) is 30.7 Å². The second-order valence-corrected chi connectivity index (χ2v) is 23.5. The SMILES string of the molecule is COc1cc(C2c3cc4c(cc3C(NC(=O)NCCCN(CCCN(CCCCN(CCCNC(=O)OC(C)(C)C)C(=O)OC(C)(C)C)C(=O)OC(C)(C)C)C(=O)OC(C)(C)C)C3COC(O)C23)OCO4)cc(OC)c1O. The van der Waals surface area contributed by atoms with Crippen molar-refractivity contribution < 1.29 is 76.8 Å². The number of fused-ring (bicyclic) bond motifs is 3. The summed E-state index contributed by atoms with van der Waals surface area (Å²) < 4.78 is 51.0. The minimum Gasteiger partial charge on any atom is -0.502 e. The number of hydrogen-bond donors (Lipinski definition) is 5. The van der Waals surface area contributed by atoms with Gasteiger partial charge in [0.2, 0.25) is 12.5 Å². The predicted octanol–water partition coefficient (Wildman–Crippen LogP) is 8.39. The molecule has 5 unspecified atom stereocenters. The summed E-state index contributed by atoms with van der Waals surface area (Å²) in [6, 6.07) is 5.98. The number of carbonyl (C=O) groups is 5. The van der Waals surface area contributed by atoms with Crippen LogP contribution in [-0.4, -0.2) is 164 Å². The highest BCUT2D eigenvalue weighted by molar-refractivity contribution is 5.75. The molecule has 22 nitrogen and oxygen atoms in total. The third-order valence-corrected chi connectivity index (χ3v) is 12.6. The maximum absolute atomic E-state index is 13.9. The quantitative estimate of drug-likeness (QED) is 0.0581. The maximum atomic E-state index is 13.9. The lowest BCUT2D eigenvalue weighted by Gasteiger charge is -2.41. The summed E-state index contributed by atoms with van der Waals surface area (Å²) >= 11 is 0. The lowest BCUT2D eigenvalue weighted by molar-refractivity contribution is -0.0855. The summed E-state index contributed by atoms with van der Waals surface area (Å²) in [6.07, 6.45) is -1.03. The number of phenolic OH excluding ortho intramolecular Hbond substituents is 1. The molecule has 5 N–H and O–H groups in total. The van der Waals surface area contributed by atoms with E-state index in [1.807, 2.05) is 12.1 Å². The Balaban J connectivity index is 1.22. The molecule has 5 rings (SSSR count). The van der Waals surface area contributed by atoms with Crippen molar-refractivity contribution in [3.05, 3.63) is 41.0 Å². The van der Waals surface area contributed by atoms with Crippen molar-refractivity contribution in [1.29, 1.82) is 0 Å². The molecule has 432 valence electrons. The van der Waals surface area contributed by atoms with Crippen LogP contribution >= 0.6 is 0 Å². The van der Waals surface area contributed by atoms with Gasteiger partial charge in [0.25, 0.3) is 0 Å². The number of amides is 6.